The Kier molecular flexibility index (Phi) is 1.55. The lowest BCUT2D eigenvalue weighted by atomic mass is 10.1. The van der Waals surface area contributed by atoms with Crippen molar-refractivity contribution >= 4 is 16.7 Å². The molecule has 0 spiro atoms. The molecule has 4 heteroatoms. The number of aromatic amines is 1. The fourth-order valence-electron chi connectivity index (χ4n) is 1.35. The molecule has 0 saturated heterocycles. The second-order valence-electron chi connectivity index (χ2n) is 2.77. The fourth-order valence-corrected chi connectivity index (χ4v) is 1.35. The lowest BCUT2D eigenvalue weighted by molar-refractivity contribution is 0.640. The Balaban J connectivity index is 2.86. The van der Waals surface area contributed by atoms with Gasteiger partial charge in [0.25, 0.3) is 0 Å². The minimum atomic E-state index is -0.304. The molecule has 1 heterocycles. The summed E-state index contributed by atoms with van der Waals surface area (Å²) >= 11 is 0. The molecule has 2 aromatic rings. The molecule has 66 valence electrons. The van der Waals surface area contributed by atoms with E-state index in [2.05, 4.69) is 4.98 Å². The predicted octanol–water partition coefficient (Wildman–Crippen LogP) is 1.59. The standard InChI is InChI=1S/C9H8FN3/c10-7-2-1-6(9(11)12)8-5(7)3-4-13-8/h1-4,13H,(H3,11,12). The fraction of sp³-hybridized carbons (Fsp3) is 0. The molecule has 0 amide bonds. The maximum atomic E-state index is 13.1. The van der Waals surface area contributed by atoms with Crippen LogP contribution in [0.5, 0.6) is 0 Å². The lowest BCUT2D eigenvalue weighted by Crippen LogP contribution is -2.11. The van der Waals surface area contributed by atoms with Crippen LogP contribution in [0.4, 0.5) is 4.39 Å². The Bertz CT molecular complexity index is 473. The van der Waals surface area contributed by atoms with E-state index < -0.39 is 0 Å². The van der Waals surface area contributed by atoms with E-state index in [1.165, 1.54) is 12.1 Å². The second kappa shape index (κ2) is 2.58. The number of amidine groups is 1. The highest BCUT2D eigenvalue weighted by molar-refractivity contribution is 6.06. The first-order chi connectivity index (χ1) is 6.20. The van der Waals surface area contributed by atoms with Gasteiger partial charge in [0.05, 0.1) is 5.52 Å². The van der Waals surface area contributed by atoms with E-state index in [0.29, 0.717) is 16.5 Å². The molecule has 0 aliphatic rings. The van der Waals surface area contributed by atoms with Gasteiger partial charge in [-0.05, 0) is 18.2 Å². The number of rotatable bonds is 1. The van der Waals surface area contributed by atoms with E-state index in [4.69, 9.17) is 11.1 Å². The Morgan fingerprint density at radius 1 is 1.38 bits per heavy atom. The molecule has 4 N–H and O–H groups in total. The van der Waals surface area contributed by atoms with Crippen LogP contribution in [0, 0.1) is 11.2 Å². The van der Waals surface area contributed by atoms with Gasteiger partial charge in [-0.3, -0.25) is 5.41 Å². The predicted molar refractivity (Wildman–Crippen MR) is 49.3 cm³/mol. The molecule has 0 aliphatic heterocycles. The number of hydrogen-bond donors (Lipinski definition) is 3. The Hall–Kier alpha value is -1.84. The van der Waals surface area contributed by atoms with Crippen molar-refractivity contribution in [1.82, 2.24) is 4.98 Å². The zero-order valence-corrected chi connectivity index (χ0v) is 6.76. The number of aromatic nitrogens is 1. The summed E-state index contributed by atoms with van der Waals surface area (Å²) in [7, 11) is 0. The van der Waals surface area contributed by atoms with E-state index in [0.717, 1.165) is 0 Å². The van der Waals surface area contributed by atoms with Gasteiger partial charge in [-0.15, -0.1) is 0 Å². The molecule has 13 heavy (non-hydrogen) atoms. The topological polar surface area (TPSA) is 65.7 Å². The molecule has 0 saturated carbocycles. The van der Waals surface area contributed by atoms with Crippen molar-refractivity contribution in [2.75, 3.05) is 0 Å². The van der Waals surface area contributed by atoms with Gasteiger partial charge in [-0.1, -0.05) is 0 Å². The summed E-state index contributed by atoms with van der Waals surface area (Å²) in [4.78, 5) is 2.85. The van der Waals surface area contributed by atoms with Crippen LogP contribution in [0.3, 0.4) is 0 Å². The van der Waals surface area contributed by atoms with Crippen LogP contribution in [0.2, 0.25) is 0 Å². The largest absolute Gasteiger partial charge is 0.384 e. The molecule has 0 fully saturated rings. The van der Waals surface area contributed by atoms with Crippen molar-refractivity contribution < 1.29 is 4.39 Å². The molecular weight excluding hydrogens is 169 g/mol. The van der Waals surface area contributed by atoms with Crippen molar-refractivity contribution in [2.24, 2.45) is 5.73 Å². The van der Waals surface area contributed by atoms with Crippen molar-refractivity contribution in [3.05, 3.63) is 35.8 Å². The van der Waals surface area contributed by atoms with Crippen LogP contribution in [0.1, 0.15) is 5.56 Å². The van der Waals surface area contributed by atoms with Crippen LogP contribution >= 0.6 is 0 Å². The highest BCUT2D eigenvalue weighted by Crippen LogP contribution is 2.19. The zero-order valence-electron chi connectivity index (χ0n) is 6.76. The molecule has 0 radical (unpaired) electrons. The van der Waals surface area contributed by atoms with Crippen molar-refractivity contribution in [3.8, 4) is 0 Å². The molecule has 0 unspecified atom stereocenters. The molecule has 3 nitrogen and oxygen atoms in total. The number of halogens is 1. The van der Waals surface area contributed by atoms with Gasteiger partial charge >= 0.3 is 0 Å². The van der Waals surface area contributed by atoms with Gasteiger partial charge in [0.1, 0.15) is 11.7 Å². The zero-order chi connectivity index (χ0) is 9.42. The SMILES string of the molecule is N=C(N)c1ccc(F)c2cc[nH]c12. The average molecular weight is 177 g/mol. The van der Waals surface area contributed by atoms with Crippen molar-refractivity contribution in [2.45, 2.75) is 0 Å². The molecular formula is C9H8FN3. The van der Waals surface area contributed by atoms with E-state index in [-0.39, 0.29) is 11.7 Å². The van der Waals surface area contributed by atoms with Crippen LogP contribution in [0.15, 0.2) is 24.4 Å². The van der Waals surface area contributed by atoms with Gasteiger partial charge in [0.2, 0.25) is 0 Å². The molecule has 0 bridgehead atoms. The number of hydrogen-bond acceptors (Lipinski definition) is 1. The smallest absolute Gasteiger partial charge is 0.132 e. The monoisotopic (exact) mass is 177 g/mol. The van der Waals surface area contributed by atoms with Gasteiger partial charge in [-0.2, -0.15) is 0 Å². The molecule has 2 rings (SSSR count). The first-order valence-electron chi connectivity index (χ1n) is 3.80. The number of benzene rings is 1. The molecule has 0 aliphatic carbocycles. The van der Waals surface area contributed by atoms with Crippen LogP contribution in [-0.4, -0.2) is 10.8 Å². The highest BCUT2D eigenvalue weighted by atomic mass is 19.1. The molecule has 1 aromatic carbocycles. The molecule has 1 aromatic heterocycles. The minimum Gasteiger partial charge on any atom is -0.384 e. The van der Waals surface area contributed by atoms with Crippen LogP contribution < -0.4 is 5.73 Å². The van der Waals surface area contributed by atoms with E-state index >= 15 is 0 Å². The Morgan fingerprint density at radius 3 is 2.85 bits per heavy atom. The summed E-state index contributed by atoms with van der Waals surface area (Å²) in [6, 6.07) is 4.43. The number of H-pyrrole nitrogens is 1. The number of nitrogens with two attached hydrogens (primary N) is 1. The molecule has 0 atom stereocenters. The van der Waals surface area contributed by atoms with E-state index in [1.807, 2.05) is 0 Å². The number of nitrogens with one attached hydrogen (secondary N) is 2. The third-order valence-corrected chi connectivity index (χ3v) is 1.96. The summed E-state index contributed by atoms with van der Waals surface area (Å²) in [6.07, 6.45) is 1.63. The summed E-state index contributed by atoms with van der Waals surface area (Å²) in [6.45, 7) is 0. The minimum absolute atomic E-state index is 0.0625. The summed E-state index contributed by atoms with van der Waals surface area (Å²) in [5.41, 5.74) is 6.44. The number of fused-ring (bicyclic) bond motifs is 1. The van der Waals surface area contributed by atoms with Gasteiger partial charge < -0.3 is 10.7 Å². The van der Waals surface area contributed by atoms with Crippen molar-refractivity contribution in [3.63, 3.8) is 0 Å². The lowest BCUT2D eigenvalue weighted by Gasteiger charge is -2.00. The highest BCUT2D eigenvalue weighted by Gasteiger charge is 2.07. The Labute approximate surface area is 73.9 Å². The normalized spacial score (nSPS) is 10.5. The third kappa shape index (κ3) is 1.07. The average Bonchev–Trinajstić information content (AvgIpc) is 2.53. The van der Waals surface area contributed by atoms with Gasteiger partial charge in [-0.25, -0.2) is 4.39 Å². The third-order valence-electron chi connectivity index (χ3n) is 1.96. The van der Waals surface area contributed by atoms with E-state index in [1.54, 1.807) is 12.3 Å². The second-order valence-corrected chi connectivity index (χ2v) is 2.77. The summed E-state index contributed by atoms with van der Waals surface area (Å²) in [5, 5.41) is 7.73. The summed E-state index contributed by atoms with van der Waals surface area (Å²) < 4.78 is 13.1. The maximum Gasteiger partial charge on any atom is 0.132 e. The number of nitrogen functional groups attached to an aromatic ring is 1. The Morgan fingerprint density at radius 2 is 2.15 bits per heavy atom. The quantitative estimate of drug-likeness (QED) is 0.449. The maximum absolute atomic E-state index is 13.1. The van der Waals surface area contributed by atoms with Gasteiger partial charge in [0, 0.05) is 17.1 Å². The van der Waals surface area contributed by atoms with Crippen LogP contribution in [0.25, 0.3) is 10.9 Å². The van der Waals surface area contributed by atoms with Crippen molar-refractivity contribution in [1.29, 1.82) is 5.41 Å². The summed E-state index contributed by atoms with van der Waals surface area (Å²) in [5.74, 6) is -0.367. The van der Waals surface area contributed by atoms with Gasteiger partial charge in [0.15, 0.2) is 0 Å². The van der Waals surface area contributed by atoms with E-state index in [9.17, 15) is 4.39 Å². The first-order valence-corrected chi connectivity index (χ1v) is 3.80. The first kappa shape index (κ1) is 7.79. The van der Waals surface area contributed by atoms with Crippen LogP contribution in [-0.2, 0) is 0 Å².